The predicted molar refractivity (Wildman–Crippen MR) is 136 cm³/mol. The van der Waals surface area contributed by atoms with Crippen molar-refractivity contribution in [3.8, 4) is 11.3 Å². The molecule has 1 aliphatic heterocycles. The fourth-order valence-electron chi connectivity index (χ4n) is 5.43. The predicted octanol–water partition coefficient (Wildman–Crippen LogP) is 5.24. The first-order chi connectivity index (χ1) is 16.4. The summed E-state index contributed by atoms with van der Waals surface area (Å²) in [5.41, 5.74) is 5.87. The zero-order chi connectivity index (χ0) is 23.8. The largest absolute Gasteiger partial charge is 0.356 e. The Morgan fingerprint density at radius 2 is 1.91 bits per heavy atom. The molecule has 0 bridgehead atoms. The van der Waals surface area contributed by atoms with Gasteiger partial charge in [0.2, 0.25) is 11.9 Å². The fourth-order valence-corrected chi connectivity index (χ4v) is 5.43. The van der Waals surface area contributed by atoms with Crippen LogP contribution in [0.25, 0.3) is 11.3 Å². The standard InChI is InChI=1S/C26H33N7O/c1-16(2)33-17(3)25(34)32(4)22-11-10-19(14-23(22)33)29-26-27-13-12-21(30-26)20-15-28-31-24(20)18-8-6-5-7-9-18/h10-18H,5-9H2,1-4H3,(H,28,31)(H,27,29,30)/t17-/m1/s1. The molecule has 2 aromatic heterocycles. The average molecular weight is 460 g/mol. The van der Waals surface area contributed by atoms with Gasteiger partial charge in [0.15, 0.2) is 0 Å². The first-order valence-electron chi connectivity index (χ1n) is 12.3. The topological polar surface area (TPSA) is 90.0 Å². The maximum atomic E-state index is 12.7. The maximum Gasteiger partial charge on any atom is 0.249 e. The normalized spacial score (nSPS) is 19.0. The molecule has 0 radical (unpaired) electrons. The van der Waals surface area contributed by atoms with Gasteiger partial charge in [-0.15, -0.1) is 0 Å². The molecule has 0 unspecified atom stereocenters. The van der Waals surface area contributed by atoms with Crippen molar-refractivity contribution in [3.05, 3.63) is 42.4 Å². The van der Waals surface area contributed by atoms with Crippen LogP contribution in [0, 0.1) is 0 Å². The Morgan fingerprint density at radius 1 is 1.12 bits per heavy atom. The van der Waals surface area contributed by atoms with E-state index in [4.69, 9.17) is 4.98 Å². The summed E-state index contributed by atoms with van der Waals surface area (Å²) in [6, 6.07) is 7.96. The van der Waals surface area contributed by atoms with Crippen LogP contribution in [0.4, 0.5) is 23.0 Å². The van der Waals surface area contributed by atoms with E-state index in [1.807, 2.05) is 38.4 Å². The van der Waals surface area contributed by atoms with E-state index in [1.165, 1.54) is 32.1 Å². The molecule has 1 amide bonds. The number of rotatable bonds is 5. The van der Waals surface area contributed by atoms with Gasteiger partial charge in [0.25, 0.3) is 0 Å². The molecule has 8 nitrogen and oxygen atoms in total. The summed E-state index contributed by atoms with van der Waals surface area (Å²) in [4.78, 5) is 25.9. The molecule has 1 fully saturated rings. The third-order valence-electron chi connectivity index (χ3n) is 7.13. The molecule has 1 saturated carbocycles. The second kappa shape index (κ2) is 9.08. The van der Waals surface area contributed by atoms with Crippen LogP contribution in [0.3, 0.4) is 0 Å². The van der Waals surface area contributed by atoms with Crippen LogP contribution in [-0.2, 0) is 4.79 Å². The van der Waals surface area contributed by atoms with Gasteiger partial charge in [-0.05, 0) is 57.9 Å². The summed E-state index contributed by atoms with van der Waals surface area (Å²) in [6.45, 7) is 6.18. The number of nitrogens with zero attached hydrogens (tertiary/aromatic N) is 5. The molecule has 0 spiro atoms. The summed E-state index contributed by atoms with van der Waals surface area (Å²) in [5, 5.41) is 11.0. The number of nitrogens with one attached hydrogen (secondary N) is 2. The van der Waals surface area contributed by atoms with Gasteiger partial charge in [-0.3, -0.25) is 9.89 Å². The highest BCUT2D eigenvalue weighted by Gasteiger charge is 2.35. The summed E-state index contributed by atoms with van der Waals surface area (Å²) < 4.78 is 0. The van der Waals surface area contributed by atoms with Crippen LogP contribution in [0.15, 0.2) is 36.7 Å². The van der Waals surface area contributed by atoms with Gasteiger partial charge in [0.05, 0.1) is 22.8 Å². The summed E-state index contributed by atoms with van der Waals surface area (Å²) in [6.07, 6.45) is 9.95. The summed E-state index contributed by atoms with van der Waals surface area (Å²) >= 11 is 0. The Kier molecular flexibility index (Phi) is 5.98. The Labute approximate surface area is 200 Å². The van der Waals surface area contributed by atoms with E-state index in [2.05, 4.69) is 45.3 Å². The number of hydrogen-bond donors (Lipinski definition) is 2. The highest BCUT2D eigenvalue weighted by Crippen LogP contribution is 2.39. The van der Waals surface area contributed by atoms with Gasteiger partial charge in [0, 0.05) is 42.7 Å². The number of carbonyl (C=O) groups is 1. The maximum absolute atomic E-state index is 12.7. The molecule has 178 valence electrons. The number of aromatic nitrogens is 4. The van der Waals surface area contributed by atoms with Gasteiger partial charge in [-0.25, -0.2) is 9.97 Å². The number of H-pyrrole nitrogens is 1. The molecule has 2 aliphatic rings. The van der Waals surface area contributed by atoms with E-state index >= 15 is 0 Å². The van der Waals surface area contributed by atoms with Crippen molar-refractivity contribution >= 4 is 28.9 Å². The van der Waals surface area contributed by atoms with Crippen LogP contribution >= 0.6 is 0 Å². The molecule has 2 N–H and O–H groups in total. The minimum absolute atomic E-state index is 0.104. The van der Waals surface area contributed by atoms with Crippen molar-refractivity contribution in [2.24, 2.45) is 0 Å². The number of hydrogen-bond acceptors (Lipinski definition) is 6. The molecule has 0 saturated heterocycles. The second-order valence-corrected chi connectivity index (χ2v) is 9.69. The quantitative estimate of drug-likeness (QED) is 0.542. The fraction of sp³-hybridized carbons (Fsp3) is 0.462. The molecule has 3 aromatic rings. The van der Waals surface area contributed by atoms with Gasteiger partial charge < -0.3 is 15.1 Å². The molecular formula is C26H33N7O. The zero-order valence-corrected chi connectivity index (χ0v) is 20.4. The van der Waals surface area contributed by atoms with Crippen LogP contribution < -0.4 is 15.1 Å². The molecule has 34 heavy (non-hydrogen) atoms. The number of anilines is 4. The van der Waals surface area contributed by atoms with Crippen LogP contribution in [-0.4, -0.2) is 45.2 Å². The number of fused-ring (bicyclic) bond motifs is 1. The molecule has 1 atom stereocenters. The van der Waals surface area contributed by atoms with Crippen molar-refractivity contribution in [1.29, 1.82) is 0 Å². The summed E-state index contributed by atoms with van der Waals surface area (Å²) in [5.74, 6) is 1.13. The highest BCUT2D eigenvalue weighted by atomic mass is 16.2. The van der Waals surface area contributed by atoms with E-state index < -0.39 is 0 Å². The van der Waals surface area contributed by atoms with Crippen molar-refractivity contribution in [1.82, 2.24) is 20.2 Å². The van der Waals surface area contributed by atoms with Crippen molar-refractivity contribution in [2.75, 3.05) is 22.2 Å². The Bertz CT molecular complexity index is 1180. The third kappa shape index (κ3) is 4.02. The second-order valence-electron chi connectivity index (χ2n) is 9.69. The van der Waals surface area contributed by atoms with Crippen LogP contribution in [0.5, 0.6) is 0 Å². The number of amides is 1. The highest BCUT2D eigenvalue weighted by molar-refractivity contribution is 6.05. The van der Waals surface area contributed by atoms with Gasteiger partial charge in [-0.1, -0.05) is 19.3 Å². The lowest BCUT2D eigenvalue weighted by atomic mass is 9.85. The number of carbonyl (C=O) groups excluding carboxylic acids is 1. The molecular weight excluding hydrogens is 426 g/mol. The number of benzene rings is 1. The monoisotopic (exact) mass is 459 g/mol. The SMILES string of the molecule is CC(C)N1c2cc(Nc3nccc(-c4c[nH]nc4C4CCCCC4)n3)ccc2N(C)C(=O)[C@H]1C. The smallest absolute Gasteiger partial charge is 0.249 e. The van der Waals surface area contributed by atoms with Crippen molar-refractivity contribution in [2.45, 2.75) is 70.9 Å². The van der Waals surface area contributed by atoms with E-state index in [1.54, 1.807) is 11.1 Å². The third-order valence-corrected chi connectivity index (χ3v) is 7.13. The molecule has 5 rings (SSSR count). The van der Waals surface area contributed by atoms with Gasteiger partial charge in [0.1, 0.15) is 6.04 Å². The lowest BCUT2D eigenvalue weighted by molar-refractivity contribution is -0.119. The lowest BCUT2D eigenvalue weighted by Gasteiger charge is -2.42. The van der Waals surface area contributed by atoms with Gasteiger partial charge >= 0.3 is 0 Å². The Balaban J connectivity index is 1.43. The van der Waals surface area contributed by atoms with Crippen LogP contribution in [0.1, 0.15) is 64.5 Å². The minimum atomic E-state index is -0.216. The van der Waals surface area contributed by atoms with Crippen molar-refractivity contribution in [3.63, 3.8) is 0 Å². The van der Waals surface area contributed by atoms with E-state index in [9.17, 15) is 4.79 Å². The van der Waals surface area contributed by atoms with Crippen molar-refractivity contribution < 1.29 is 4.79 Å². The molecule has 1 aromatic carbocycles. The first-order valence-corrected chi connectivity index (χ1v) is 12.3. The number of likely N-dealkylation sites (N-methyl/N-ethyl adjacent to an activating group) is 1. The Morgan fingerprint density at radius 3 is 2.68 bits per heavy atom. The lowest BCUT2D eigenvalue weighted by Crippen LogP contribution is -2.53. The van der Waals surface area contributed by atoms with Crippen LogP contribution in [0.2, 0.25) is 0 Å². The Hall–Kier alpha value is -3.42. The zero-order valence-electron chi connectivity index (χ0n) is 20.4. The number of aromatic amines is 1. The van der Waals surface area contributed by atoms with E-state index in [0.717, 1.165) is 34.0 Å². The minimum Gasteiger partial charge on any atom is -0.356 e. The average Bonchev–Trinajstić information content (AvgIpc) is 3.33. The molecule has 3 heterocycles. The first kappa shape index (κ1) is 22.4. The van der Waals surface area contributed by atoms with E-state index in [-0.39, 0.29) is 18.0 Å². The molecule has 8 heteroatoms. The molecule has 1 aliphatic carbocycles. The summed E-state index contributed by atoms with van der Waals surface area (Å²) in [7, 11) is 1.84. The van der Waals surface area contributed by atoms with Gasteiger partial charge in [-0.2, -0.15) is 5.10 Å². The van der Waals surface area contributed by atoms with E-state index in [0.29, 0.717) is 11.9 Å².